The molecule has 0 aliphatic rings. The maximum atomic E-state index is 11.2. The number of hydrogen-bond donors (Lipinski definition) is 1. The van der Waals surface area contributed by atoms with Gasteiger partial charge in [0, 0.05) is 11.4 Å². The third-order valence-electron chi connectivity index (χ3n) is 2.56. The van der Waals surface area contributed by atoms with Crippen molar-refractivity contribution in [1.29, 1.82) is 0 Å². The molecule has 0 amide bonds. The highest BCUT2D eigenvalue weighted by atomic mass is 35.5. The molecule has 2 aromatic rings. The van der Waals surface area contributed by atoms with E-state index in [1.807, 2.05) is 0 Å². The van der Waals surface area contributed by atoms with E-state index in [1.54, 1.807) is 36.4 Å². The summed E-state index contributed by atoms with van der Waals surface area (Å²) in [6, 6.07) is 10.3. The predicted octanol–water partition coefficient (Wildman–Crippen LogP) is 3.34. The summed E-state index contributed by atoms with van der Waals surface area (Å²) in [4.78, 5) is 11.2. The minimum atomic E-state index is -0.872. The number of carbonyl (C=O) groups is 1. The fourth-order valence-corrected chi connectivity index (χ4v) is 1.80. The third kappa shape index (κ3) is 2.88. The highest BCUT2D eigenvalue weighted by molar-refractivity contribution is 6.30. The summed E-state index contributed by atoms with van der Waals surface area (Å²) in [5.74, 6) is -0.825. The SMILES string of the molecule is O=C(O)[C@H](Cc1ccco1)c1ccc(Cl)cc1. The topological polar surface area (TPSA) is 50.4 Å². The minimum absolute atomic E-state index is 0.337. The van der Waals surface area contributed by atoms with Gasteiger partial charge in [-0.25, -0.2) is 0 Å². The van der Waals surface area contributed by atoms with Gasteiger partial charge in [0.1, 0.15) is 5.76 Å². The van der Waals surface area contributed by atoms with Gasteiger partial charge in [0.15, 0.2) is 0 Å². The Balaban J connectivity index is 2.23. The van der Waals surface area contributed by atoms with Crippen LogP contribution in [0.1, 0.15) is 17.2 Å². The zero-order valence-corrected chi connectivity index (χ0v) is 9.72. The van der Waals surface area contributed by atoms with Crippen molar-refractivity contribution in [3.63, 3.8) is 0 Å². The molecule has 3 nitrogen and oxygen atoms in total. The number of carboxylic acid groups (broad SMARTS) is 1. The van der Waals surface area contributed by atoms with Crippen molar-refractivity contribution < 1.29 is 14.3 Å². The van der Waals surface area contributed by atoms with Gasteiger partial charge in [0.2, 0.25) is 0 Å². The van der Waals surface area contributed by atoms with Gasteiger partial charge in [0.25, 0.3) is 0 Å². The number of hydrogen-bond acceptors (Lipinski definition) is 2. The molecule has 1 N–H and O–H groups in total. The molecule has 17 heavy (non-hydrogen) atoms. The minimum Gasteiger partial charge on any atom is -0.481 e. The van der Waals surface area contributed by atoms with Crippen LogP contribution in [-0.4, -0.2) is 11.1 Å². The molecule has 1 heterocycles. The van der Waals surface area contributed by atoms with Gasteiger partial charge >= 0.3 is 5.97 Å². The Hall–Kier alpha value is -1.74. The van der Waals surface area contributed by atoms with E-state index in [-0.39, 0.29) is 0 Å². The monoisotopic (exact) mass is 250 g/mol. The number of furan rings is 1. The lowest BCUT2D eigenvalue weighted by Crippen LogP contribution is -2.14. The number of rotatable bonds is 4. The first-order valence-corrected chi connectivity index (χ1v) is 5.55. The van der Waals surface area contributed by atoms with Gasteiger partial charge < -0.3 is 9.52 Å². The average Bonchev–Trinajstić information content (AvgIpc) is 2.80. The zero-order chi connectivity index (χ0) is 12.3. The molecule has 0 fully saturated rings. The standard InChI is InChI=1S/C13H11ClO3/c14-10-5-3-9(4-6-10)12(13(15)16)8-11-2-1-7-17-11/h1-7,12H,8H2,(H,15,16)/t12-/m1/s1. The van der Waals surface area contributed by atoms with E-state index in [0.717, 1.165) is 5.56 Å². The summed E-state index contributed by atoms with van der Waals surface area (Å²) in [7, 11) is 0. The Labute approximate surface area is 104 Å². The van der Waals surface area contributed by atoms with E-state index < -0.39 is 11.9 Å². The van der Waals surface area contributed by atoms with Crippen molar-refractivity contribution in [1.82, 2.24) is 0 Å². The second-order valence-electron chi connectivity index (χ2n) is 3.73. The van der Waals surface area contributed by atoms with Crippen molar-refractivity contribution in [3.05, 3.63) is 59.0 Å². The van der Waals surface area contributed by atoms with Crippen LogP contribution in [0.15, 0.2) is 47.1 Å². The highest BCUT2D eigenvalue weighted by Gasteiger charge is 2.21. The summed E-state index contributed by atoms with van der Waals surface area (Å²) >= 11 is 5.77. The fourth-order valence-electron chi connectivity index (χ4n) is 1.67. The Morgan fingerprint density at radius 3 is 2.53 bits per heavy atom. The van der Waals surface area contributed by atoms with Crippen LogP contribution in [0.4, 0.5) is 0 Å². The maximum absolute atomic E-state index is 11.2. The third-order valence-corrected chi connectivity index (χ3v) is 2.81. The van der Waals surface area contributed by atoms with Crippen LogP contribution in [-0.2, 0) is 11.2 Å². The molecule has 0 saturated carbocycles. The molecule has 0 unspecified atom stereocenters. The molecule has 0 radical (unpaired) electrons. The van der Waals surface area contributed by atoms with Crippen molar-refractivity contribution in [2.75, 3.05) is 0 Å². The normalized spacial score (nSPS) is 12.3. The van der Waals surface area contributed by atoms with Gasteiger partial charge in [-0.15, -0.1) is 0 Å². The molecule has 0 aliphatic carbocycles. The maximum Gasteiger partial charge on any atom is 0.311 e. The molecule has 1 atom stereocenters. The largest absolute Gasteiger partial charge is 0.481 e. The number of aliphatic carboxylic acids is 1. The second-order valence-corrected chi connectivity index (χ2v) is 4.16. The summed E-state index contributed by atoms with van der Waals surface area (Å²) in [5.41, 5.74) is 0.721. The first-order valence-electron chi connectivity index (χ1n) is 5.17. The summed E-state index contributed by atoms with van der Waals surface area (Å²) in [5, 5.41) is 9.81. The number of carboxylic acids is 1. The quantitative estimate of drug-likeness (QED) is 0.905. The number of halogens is 1. The van der Waals surface area contributed by atoms with E-state index in [4.69, 9.17) is 16.0 Å². The predicted molar refractivity (Wildman–Crippen MR) is 64.2 cm³/mol. The zero-order valence-electron chi connectivity index (χ0n) is 8.97. The van der Waals surface area contributed by atoms with Gasteiger partial charge in [-0.3, -0.25) is 4.79 Å². The Morgan fingerprint density at radius 1 is 1.29 bits per heavy atom. The molecule has 0 saturated heterocycles. The lowest BCUT2D eigenvalue weighted by Gasteiger charge is -2.11. The van der Waals surface area contributed by atoms with E-state index in [9.17, 15) is 9.90 Å². The van der Waals surface area contributed by atoms with Crippen molar-refractivity contribution in [3.8, 4) is 0 Å². The molecule has 1 aromatic carbocycles. The first kappa shape index (κ1) is 11.7. The Bertz CT molecular complexity index is 488. The fraction of sp³-hybridized carbons (Fsp3) is 0.154. The van der Waals surface area contributed by atoms with Crippen LogP contribution >= 0.6 is 11.6 Å². The lowest BCUT2D eigenvalue weighted by molar-refractivity contribution is -0.138. The van der Waals surface area contributed by atoms with Gasteiger partial charge in [-0.2, -0.15) is 0 Å². The van der Waals surface area contributed by atoms with Crippen molar-refractivity contribution in [2.45, 2.75) is 12.3 Å². The van der Waals surface area contributed by atoms with Crippen LogP contribution in [0, 0.1) is 0 Å². The molecule has 0 bridgehead atoms. The number of benzene rings is 1. The van der Waals surface area contributed by atoms with E-state index in [0.29, 0.717) is 17.2 Å². The van der Waals surface area contributed by atoms with Gasteiger partial charge in [0.05, 0.1) is 12.2 Å². The smallest absolute Gasteiger partial charge is 0.311 e. The van der Waals surface area contributed by atoms with Crippen LogP contribution < -0.4 is 0 Å². The second kappa shape index (κ2) is 5.06. The highest BCUT2D eigenvalue weighted by Crippen LogP contribution is 2.23. The molecule has 0 spiro atoms. The van der Waals surface area contributed by atoms with Crippen LogP contribution in [0.2, 0.25) is 5.02 Å². The summed E-state index contributed by atoms with van der Waals surface area (Å²) in [6.45, 7) is 0. The van der Waals surface area contributed by atoms with Crippen molar-refractivity contribution in [2.24, 2.45) is 0 Å². The van der Waals surface area contributed by atoms with Crippen molar-refractivity contribution >= 4 is 17.6 Å². The molecule has 0 aliphatic heterocycles. The van der Waals surface area contributed by atoms with E-state index in [2.05, 4.69) is 0 Å². The Kier molecular flexibility index (Phi) is 3.49. The molecule has 2 rings (SSSR count). The van der Waals surface area contributed by atoms with Crippen LogP contribution in [0.25, 0.3) is 0 Å². The summed E-state index contributed by atoms with van der Waals surface area (Å²) in [6.07, 6.45) is 1.88. The van der Waals surface area contributed by atoms with E-state index >= 15 is 0 Å². The van der Waals surface area contributed by atoms with Gasteiger partial charge in [-0.1, -0.05) is 23.7 Å². The lowest BCUT2D eigenvalue weighted by atomic mass is 9.95. The van der Waals surface area contributed by atoms with E-state index in [1.165, 1.54) is 6.26 Å². The Morgan fingerprint density at radius 2 is 2.00 bits per heavy atom. The average molecular weight is 251 g/mol. The van der Waals surface area contributed by atoms with Gasteiger partial charge in [-0.05, 0) is 29.8 Å². The summed E-state index contributed by atoms with van der Waals surface area (Å²) < 4.78 is 5.17. The molecule has 1 aromatic heterocycles. The molecular formula is C13H11ClO3. The molecule has 4 heteroatoms. The van der Waals surface area contributed by atoms with Crippen LogP contribution in [0.5, 0.6) is 0 Å². The molecule has 88 valence electrons. The van der Waals surface area contributed by atoms with Crippen LogP contribution in [0.3, 0.4) is 0 Å². The first-order chi connectivity index (χ1) is 8.16. The molecular weight excluding hydrogens is 240 g/mol.